The van der Waals surface area contributed by atoms with Crippen LogP contribution in [0.5, 0.6) is 0 Å². The molecule has 0 unspecified atom stereocenters. The first kappa shape index (κ1) is 19.0. The molecule has 0 atom stereocenters. The predicted molar refractivity (Wildman–Crippen MR) is 113 cm³/mol. The third kappa shape index (κ3) is 4.09. The number of aromatic nitrogens is 2. The number of pyridine rings is 2. The van der Waals surface area contributed by atoms with Gasteiger partial charge in [-0.25, -0.2) is 0 Å². The number of aryl methyl sites for hydroxylation is 1. The fourth-order valence-electron chi connectivity index (χ4n) is 3.69. The lowest BCUT2D eigenvalue weighted by Crippen LogP contribution is -2.27. The van der Waals surface area contributed by atoms with Crippen LogP contribution in [0.15, 0.2) is 61.1 Å². The number of ketones is 1. The van der Waals surface area contributed by atoms with Gasteiger partial charge in [0.25, 0.3) is 0 Å². The minimum Gasteiger partial charge on any atom is -0.312 e. The molecular formula is C24H23N3O2. The molecule has 1 aromatic carbocycles. The fraction of sp³-hybridized carbons (Fsp3) is 0.250. The van der Waals surface area contributed by atoms with Crippen molar-refractivity contribution in [1.82, 2.24) is 9.97 Å². The molecule has 146 valence electrons. The summed E-state index contributed by atoms with van der Waals surface area (Å²) < 4.78 is 0. The van der Waals surface area contributed by atoms with Gasteiger partial charge in [-0.05, 0) is 53.8 Å². The lowest BCUT2D eigenvalue weighted by molar-refractivity contribution is -0.118. The zero-order valence-corrected chi connectivity index (χ0v) is 16.5. The van der Waals surface area contributed by atoms with E-state index in [1.165, 1.54) is 5.56 Å². The molecule has 5 nitrogen and oxygen atoms in total. The van der Waals surface area contributed by atoms with Gasteiger partial charge in [0.2, 0.25) is 5.91 Å². The second-order valence-electron chi connectivity index (χ2n) is 7.21. The van der Waals surface area contributed by atoms with Gasteiger partial charge < -0.3 is 4.90 Å². The molecule has 2 aromatic heterocycles. The van der Waals surface area contributed by atoms with E-state index in [1.807, 2.05) is 42.2 Å². The maximum absolute atomic E-state index is 12.4. The van der Waals surface area contributed by atoms with Crippen molar-refractivity contribution in [2.45, 2.75) is 32.6 Å². The third-order valence-corrected chi connectivity index (χ3v) is 5.32. The first-order chi connectivity index (χ1) is 14.2. The van der Waals surface area contributed by atoms with Gasteiger partial charge in [-0.3, -0.25) is 19.6 Å². The van der Waals surface area contributed by atoms with Crippen molar-refractivity contribution in [2.75, 3.05) is 11.4 Å². The van der Waals surface area contributed by atoms with Crippen LogP contribution in [0.3, 0.4) is 0 Å². The molecule has 29 heavy (non-hydrogen) atoms. The zero-order valence-electron chi connectivity index (χ0n) is 16.5. The van der Waals surface area contributed by atoms with Crippen LogP contribution in [0.4, 0.5) is 5.69 Å². The van der Waals surface area contributed by atoms with Crippen molar-refractivity contribution in [1.29, 1.82) is 0 Å². The maximum Gasteiger partial charge on any atom is 0.226 e. The van der Waals surface area contributed by atoms with Gasteiger partial charge in [0, 0.05) is 49.2 Å². The summed E-state index contributed by atoms with van der Waals surface area (Å²) in [4.78, 5) is 34.8. The highest BCUT2D eigenvalue weighted by Gasteiger charge is 2.23. The number of benzene rings is 1. The highest BCUT2D eigenvalue weighted by molar-refractivity contribution is 5.96. The molecule has 4 rings (SSSR count). The van der Waals surface area contributed by atoms with E-state index >= 15 is 0 Å². The quantitative estimate of drug-likeness (QED) is 0.595. The van der Waals surface area contributed by atoms with Crippen LogP contribution in [-0.4, -0.2) is 28.2 Å². The summed E-state index contributed by atoms with van der Waals surface area (Å²) in [7, 11) is 0. The Kier molecular flexibility index (Phi) is 5.47. The van der Waals surface area contributed by atoms with E-state index in [1.54, 1.807) is 24.7 Å². The van der Waals surface area contributed by atoms with Crippen LogP contribution in [0.2, 0.25) is 0 Å². The number of carbonyl (C=O) groups is 2. The zero-order chi connectivity index (χ0) is 20.2. The molecule has 0 radical (unpaired) electrons. The molecule has 3 heterocycles. The standard InChI is InChI=1S/C24H23N3O2/c1-2-24(29)27-13-11-19-14-18(7-9-22(19)27)20-6-8-21(26-16-20)23(28)10-5-17-4-3-12-25-15-17/h3-4,6-9,12,14-16H,2,5,10-11,13H2,1H3. The van der Waals surface area contributed by atoms with E-state index in [4.69, 9.17) is 0 Å². The molecular weight excluding hydrogens is 362 g/mol. The number of nitrogens with zero attached hydrogens (tertiary/aromatic N) is 3. The Bertz CT molecular complexity index is 1030. The highest BCUT2D eigenvalue weighted by atomic mass is 16.2. The Labute approximate surface area is 170 Å². The minimum absolute atomic E-state index is 0.0306. The number of rotatable bonds is 6. The number of anilines is 1. The molecule has 0 saturated heterocycles. The third-order valence-electron chi connectivity index (χ3n) is 5.32. The summed E-state index contributed by atoms with van der Waals surface area (Å²) in [6.45, 7) is 2.63. The van der Waals surface area contributed by atoms with E-state index in [0.717, 1.165) is 35.3 Å². The molecule has 0 fully saturated rings. The van der Waals surface area contributed by atoms with Crippen molar-refractivity contribution in [2.24, 2.45) is 0 Å². The smallest absolute Gasteiger partial charge is 0.226 e. The average Bonchev–Trinajstić information content (AvgIpc) is 3.21. The van der Waals surface area contributed by atoms with Crippen molar-refractivity contribution in [3.63, 3.8) is 0 Å². The SMILES string of the molecule is CCC(=O)N1CCc2cc(-c3ccc(C(=O)CCc4cccnc4)nc3)ccc21. The topological polar surface area (TPSA) is 63.2 Å². The molecule has 3 aromatic rings. The monoisotopic (exact) mass is 385 g/mol. The number of amides is 1. The highest BCUT2D eigenvalue weighted by Crippen LogP contribution is 2.32. The Morgan fingerprint density at radius 2 is 1.93 bits per heavy atom. The van der Waals surface area contributed by atoms with E-state index in [0.29, 0.717) is 25.0 Å². The number of fused-ring (bicyclic) bond motifs is 1. The summed E-state index contributed by atoms with van der Waals surface area (Å²) >= 11 is 0. The molecule has 0 aliphatic carbocycles. The summed E-state index contributed by atoms with van der Waals surface area (Å²) in [5.74, 6) is 0.190. The molecule has 0 bridgehead atoms. The molecule has 0 spiro atoms. The Balaban J connectivity index is 1.45. The maximum atomic E-state index is 12.4. The second kappa shape index (κ2) is 8.35. The average molecular weight is 385 g/mol. The van der Waals surface area contributed by atoms with Crippen molar-refractivity contribution in [3.8, 4) is 11.1 Å². The number of hydrogen-bond donors (Lipinski definition) is 0. The number of hydrogen-bond acceptors (Lipinski definition) is 4. The minimum atomic E-state index is 0.0306. The van der Waals surface area contributed by atoms with Crippen molar-refractivity contribution >= 4 is 17.4 Å². The van der Waals surface area contributed by atoms with Gasteiger partial charge in [-0.15, -0.1) is 0 Å². The summed E-state index contributed by atoms with van der Waals surface area (Å²) in [6, 6.07) is 13.7. The molecule has 1 aliphatic heterocycles. The van der Waals surface area contributed by atoms with Crippen molar-refractivity contribution < 1.29 is 9.59 Å². The Morgan fingerprint density at radius 3 is 2.66 bits per heavy atom. The predicted octanol–water partition coefficient (Wildman–Crippen LogP) is 4.26. The largest absolute Gasteiger partial charge is 0.312 e. The van der Waals surface area contributed by atoms with Crippen LogP contribution in [0.1, 0.15) is 41.4 Å². The molecule has 0 N–H and O–H groups in total. The lowest BCUT2D eigenvalue weighted by atomic mass is 10.0. The van der Waals surface area contributed by atoms with E-state index in [-0.39, 0.29) is 11.7 Å². The van der Waals surface area contributed by atoms with Crippen LogP contribution in [-0.2, 0) is 17.6 Å². The van der Waals surface area contributed by atoms with Crippen LogP contribution in [0.25, 0.3) is 11.1 Å². The summed E-state index contributed by atoms with van der Waals surface area (Å²) in [6.07, 6.45) is 7.72. The van der Waals surface area contributed by atoms with Gasteiger partial charge in [0.15, 0.2) is 5.78 Å². The molecule has 1 aliphatic rings. The first-order valence-corrected chi connectivity index (χ1v) is 9.97. The van der Waals surface area contributed by atoms with E-state index in [9.17, 15) is 9.59 Å². The van der Waals surface area contributed by atoms with Crippen LogP contribution in [0, 0.1) is 0 Å². The summed E-state index contributed by atoms with van der Waals surface area (Å²) in [5.41, 5.74) is 5.75. The Hall–Kier alpha value is -3.34. The fourth-order valence-corrected chi connectivity index (χ4v) is 3.69. The molecule has 1 amide bonds. The van der Waals surface area contributed by atoms with E-state index < -0.39 is 0 Å². The van der Waals surface area contributed by atoms with Crippen molar-refractivity contribution in [3.05, 3.63) is 77.9 Å². The lowest BCUT2D eigenvalue weighted by Gasteiger charge is -2.16. The van der Waals surface area contributed by atoms with Crippen LogP contribution >= 0.6 is 0 Å². The molecule has 0 saturated carbocycles. The van der Waals surface area contributed by atoms with E-state index in [2.05, 4.69) is 16.0 Å². The van der Waals surface area contributed by atoms with Gasteiger partial charge >= 0.3 is 0 Å². The number of carbonyl (C=O) groups excluding carboxylic acids is 2. The first-order valence-electron chi connectivity index (χ1n) is 9.97. The summed E-state index contributed by atoms with van der Waals surface area (Å²) in [5, 5.41) is 0. The van der Waals surface area contributed by atoms with Crippen LogP contribution < -0.4 is 4.90 Å². The normalized spacial score (nSPS) is 12.7. The number of Topliss-reactive ketones (excluding diaryl/α,β-unsaturated/α-hetero) is 1. The van der Waals surface area contributed by atoms with Gasteiger partial charge in [0.1, 0.15) is 5.69 Å². The Morgan fingerprint density at radius 1 is 1.07 bits per heavy atom. The molecule has 5 heteroatoms. The second-order valence-corrected chi connectivity index (χ2v) is 7.21. The van der Waals surface area contributed by atoms with Gasteiger partial charge in [0.05, 0.1) is 0 Å². The van der Waals surface area contributed by atoms with Gasteiger partial charge in [-0.2, -0.15) is 0 Å². The van der Waals surface area contributed by atoms with Gasteiger partial charge in [-0.1, -0.05) is 25.1 Å².